The molecular formula is C28H24O9. The third kappa shape index (κ3) is 3.53. The summed E-state index contributed by atoms with van der Waals surface area (Å²) < 4.78 is 28.3. The van der Waals surface area contributed by atoms with Gasteiger partial charge in [0.2, 0.25) is 0 Å². The Morgan fingerprint density at radius 1 is 0.703 bits per heavy atom. The summed E-state index contributed by atoms with van der Waals surface area (Å²) in [5.41, 5.74) is -0.219. The Balaban J connectivity index is 1.65. The number of rotatable bonds is 10. The van der Waals surface area contributed by atoms with E-state index >= 15 is 0 Å². The third-order valence-corrected chi connectivity index (χ3v) is 7.02. The van der Waals surface area contributed by atoms with Crippen LogP contribution in [0, 0.1) is 11.8 Å². The van der Waals surface area contributed by atoms with Crippen molar-refractivity contribution in [2.45, 2.75) is 11.2 Å². The van der Waals surface area contributed by atoms with Crippen molar-refractivity contribution >= 4 is 23.9 Å². The molecule has 1 fully saturated rings. The molecule has 3 aliphatic carbocycles. The topological polar surface area (TPSA) is 114 Å². The fourth-order valence-corrected chi connectivity index (χ4v) is 5.82. The van der Waals surface area contributed by atoms with Crippen molar-refractivity contribution in [1.82, 2.24) is 0 Å². The standard InChI is InChI=1S/C28H24O9/c1-3-21(29)33-13-15-35-27-17-9-5-7-11-19(17)28(20-12-8-6-10-18(20)27,36-16-14-34-22(30)4-2)24-23(27)25(31)37-26(24)32/h3-12,23-24H,1-2,13-16H2. The van der Waals surface area contributed by atoms with E-state index < -0.39 is 46.9 Å². The SMILES string of the molecule is C=CC(=O)OCCOC12c3ccccc3C(OCCOC(=O)C=C)(c3ccccc31)C1C(=O)OC(=O)C12. The molecule has 0 radical (unpaired) electrons. The molecule has 6 rings (SSSR count). The van der Waals surface area contributed by atoms with Crippen molar-refractivity contribution in [1.29, 1.82) is 0 Å². The predicted molar refractivity (Wildman–Crippen MR) is 127 cm³/mol. The van der Waals surface area contributed by atoms with Crippen molar-refractivity contribution in [3.63, 3.8) is 0 Å². The maximum absolute atomic E-state index is 13.3. The lowest BCUT2D eigenvalue weighted by atomic mass is 9.50. The minimum Gasteiger partial charge on any atom is -0.460 e. The summed E-state index contributed by atoms with van der Waals surface area (Å²) >= 11 is 0. The molecule has 0 N–H and O–H groups in total. The van der Waals surface area contributed by atoms with Gasteiger partial charge in [0.05, 0.1) is 13.2 Å². The van der Waals surface area contributed by atoms with E-state index in [9.17, 15) is 19.2 Å². The van der Waals surface area contributed by atoms with E-state index in [0.29, 0.717) is 22.3 Å². The van der Waals surface area contributed by atoms with E-state index in [0.717, 1.165) is 12.2 Å². The van der Waals surface area contributed by atoms with E-state index in [1.807, 2.05) is 48.5 Å². The van der Waals surface area contributed by atoms with Gasteiger partial charge in [0.25, 0.3) is 0 Å². The number of cyclic esters (lactones) is 2. The molecule has 9 nitrogen and oxygen atoms in total. The van der Waals surface area contributed by atoms with Crippen molar-refractivity contribution in [2.24, 2.45) is 11.8 Å². The fraction of sp³-hybridized carbons (Fsp3) is 0.286. The van der Waals surface area contributed by atoms with Crippen LogP contribution in [0.4, 0.5) is 0 Å². The van der Waals surface area contributed by atoms with Gasteiger partial charge >= 0.3 is 23.9 Å². The Kier molecular flexibility index (Phi) is 6.26. The zero-order valence-electron chi connectivity index (χ0n) is 19.8. The summed E-state index contributed by atoms with van der Waals surface area (Å²) in [5.74, 6) is -4.79. The smallest absolute Gasteiger partial charge is 0.330 e. The van der Waals surface area contributed by atoms with Gasteiger partial charge in [-0.2, -0.15) is 0 Å². The Morgan fingerprint density at radius 2 is 1.05 bits per heavy atom. The largest absolute Gasteiger partial charge is 0.460 e. The van der Waals surface area contributed by atoms with Crippen LogP contribution in [0.3, 0.4) is 0 Å². The van der Waals surface area contributed by atoms with Crippen molar-refractivity contribution < 1.29 is 42.9 Å². The van der Waals surface area contributed by atoms with E-state index in [2.05, 4.69) is 13.2 Å². The molecule has 1 saturated heterocycles. The number of carbonyl (C=O) groups excluding carboxylic acids is 4. The summed E-state index contributed by atoms with van der Waals surface area (Å²) in [6, 6.07) is 14.5. The number of ether oxygens (including phenoxy) is 5. The normalized spacial score (nSPS) is 26.4. The zero-order chi connectivity index (χ0) is 26.2. The van der Waals surface area contributed by atoms with Crippen molar-refractivity contribution in [3.05, 3.63) is 96.1 Å². The molecule has 2 bridgehead atoms. The molecule has 2 aromatic rings. The molecular weight excluding hydrogens is 480 g/mol. The highest BCUT2D eigenvalue weighted by Gasteiger charge is 2.74. The van der Waals surface area contributed by atoms with Gasteiger partial charge in [0.15, 0.2) is 0 Å². The van der Waals surface area contributed by atoms with Crippen molar-refractivity contribution in [3.8, 4) is 0 Å². The molecule has 1 aliphatic heterocycles. The van der Waals surface area contributed by atoms with Gasteiger partial charge in [-0.1, -0.05) is 61.7 Å². The second-order valence-corrected chi connectivity index (χ2v) is 8.70. The van der Waals surface area contributed by atoms with E-state index in [1.165, 1.54) is 0 Å². The van der Waals surface area contributed by atoms with E-state index in [-0.39, 0.29) is 26.4 Å². The van der Waals surface area contributed by atoms with Gasteiger partial charge in [-0.25, -0.2) is 9.59 Å². The molecule has 0 saturated carbocycles. The minimum absolute atomic E-state index is 0.0572. The molecule has 2 aromatic carbocycles. The van der Waals surface area contributed by atoms with Crippen LogP contribution in [-0.4, -0.2) is 50.3 Å². The number of hydrogen-bond donors (Lipinski definition) is 0. The second kappa shape index (κ2) is 9.42. The molecule has 4 aliphatic rings. The summed E-state index contributed by atoms with van der Waals surface area (Å²) in [6.07, 6.45) is 2.09. The molecule has 0 aromatic heterocycles. The lowest BCUT2D eigenvalue weighted by Gasteiger charge is -2.58. The van der Waals surface area contributed by atoms with Crippen molar-refractivity contribution in [2.75, 3.05) is 26.4 Å². The molecule has 190 valence electrons. The van der Waals surface area contributed by atoms with Crippen LogP contribution in [0.5, 0.6) is 0 Å². The monoisotopic (exact) mass is 504 g/mol. The summed E-state index contributed by atoms with van der Waals surface area (Å²) in [7, 11) is 0. The van der Waals surface area contributed by atoms with Crippen LogP contribution in [-0.2, 0) is 54.1 Å². The number of benzene rings is 2. The van der Waals surface area contributed by atoms with E-state index in [4.69, 9.17) is 23.7 Å². The average Bonchev–Trinajstić information content (AvgIpc) is 3.24. The molecule has 2 atom stereocenters. The highest BCUT2D eigenvalue weighted by Crippen LogP contribution is 2.67. The van der Waals surface area contributed by atoms with Crippen LogP contribution in [0.15, 0.2) is 73.8 Å². The maximum Gasteiger partial charge on any atom is 0.330 e. The lowest BCUT2D eigenvalue weighted by Crippen LogP contribution is -2.63. The fourth-order valence-electron chi connectivity index (χ4n) is 5.82. The van der Waals surface area contributed by atoms with Gasteiger partial charge in [-0.05, 0) is 22.3 Å². The summed E-state index contributed by atoms with van der Waals surface area (Å²) in [5, 5.41) is 0. The summed E-state index contributed by atoms with van der Waals surface area (Å²) in [4.78, 5) is 49.6. The number of esters is 4. The van der Waals surface area contributed by atoms with Gasteiger partial charge in [0.1, 0.15) is 36.3 Å². The van der Waals surface area contributed by atoms with Crippen LogP contribution < -0.4 is 0 Å². The second-order valence-electron chi connectivity index (χ2n) is 8.70. The van der Waals surface area contributed by atoms with Crippen LogP contribution in [0.2, 0.25) is 0 Å². The highest BCUT2D eigenvalue weighted by atomic mass is 16.6. The lowest BCUT2D eigenvalue weighted by molar-refractivity contribution is -0.183. The van der Waals surface area contributed by atoms with Gasteiger partial charge in [-0.3, -0.25) is 9.59 Å². The number of hydrogen-bond acceptors (Lipinski definition) is 9. The first-order valence-electron chi connectivity index (χ1n) is 11.7. The molecule has 9 heteroatoms. The van der Waals surface area contributed by atoms with Gasteiger partial charge in [-0.15, -0.1) is 0 Å². The molecule has 0 spiro atoms. The quantitative estimate of drug-likeness (QED) is 0.158. The van der Waals surface area contributed by atoms with Gasteiger partial charge < -0.3 is 23.7 Å². The van der Waals surface area contributed by atoms with E-state index in [1.54, 1.807) is 0 Å². The third-order valence-electron chi connectivity index (χ3n) is 7.02. The summed E-state index contributed by atoms with van der Waals surface area (Å²) in [6.45, 7) is 6.46. The molecule has 2 unspecified atom stereocenters. The predicted octanol–water partition coefficient (Wildman–Crippen LogP) is 2.31. The molecule has 0 amide bonds. The maximum atomic E-state index is 13.3. The average molecular weight is 504 g/mol. The minimum atomic E-state index is -1.39. The molecule has 37 heavy (non-hydrogen) atoms. The van der Waals surface area contributed by atoms with Crippen LogP contribution in [0.25, 0.3) is 0 Å². The Morgan fingerprint density at radius 3 is 1.38 bits per heavy atom. The first-order valence-corrected chi connectivity index (χ1v) is 11.7. The highest BCUT2D eigenvalue weighted by molar-refractivity contribution is 6.01. The Bertz CT molecular complexity index is 1160. The van der Waals surface area contributed by atoms with Gasteiger partial charge in [0, 0.05) is 12.2 Å². The van der Waals surface area contributed by atoms with Crippen LogP contribution in [0.1, 0.15) is 22.3 Å². The Labute approximate surface area is 212 Å². The van der Waals surface area contributed by atoms with Crippen LogP contribution >= 0.6 is 0 Å². The first kappa shape index (κ1) is 24.6. The zero-order valence-corrected chi connectivity index (χ0v) is 19.8. The molecule has 1 heterocycles. The first-order chi connectivity index (χ1) is 17.9. The number of carbonyl (C=O) groups is 4. The Hall–Kier alpha value is -4.08.